The molecule has 218 valence electrons. The van der Waals surface area contributed by atoms with E-state index in [1.165, 1.54) is 26.6 Å². The summed E-state index contributed by atoms with van der Waals surface area (Å²) in [7, 11) is 3.01. The van der Waals surface area contributed by atoms with E-state index < -0.39 is 24.1 Å². The van der Waals surface area contributed by atoms with Gasteiger partial charge in [-0.1, -0.05) is 71.7 Å². The SMILES string of the molecule is COc1ccc(C(Cc2c(Cl)c[n+]([O-])cc2Cl)OC(=O)Cc2cccc(NC(C(=O)O)c3ccccc3)c2)cc1OC. The summed E-state index contributed by atoms with van der Waals surface area (Å²) in [5.74, 6) is -0.658. The molecule has 0 bridgehead atoms. The molecule has 1 heterocycles. The standard InChI is InChI=1S/C31H28Cl2N2O7/c1-40-26-12-11-21(15-28(26)41-2)27(16-23-24(32)17-35(39)18-25(23)33)42-29(36)14-19-7-6-10-22(13-19)34-30(31(37)38)20-8-4-3-5-9-20/h3-13,15,17-18,27,30,34H,14,16H2,1-2H3,(H,37,38). The Morgan fingerprint density at radius 3 is 2.24 bits per heavy atom. The highest BCUT2D eigenvalue weighted by Gasteiger charge is 2.24. The third kappa shape index (κ3) is 7.63. The van der Waals surface area contributed by atoms with Crippen LogP contribution < -0.4 is 19.5 Å². The maximum atomic E-state index is 13.2. The van der Waals surface area contributed by atoms with Crippen molar-refractivity contribution in [3.63, 3.8) is 0 Å². The van der Waals surface area contributed by atoms with E-state index in [1.807, 2.05) is 6.07 Å². The zero-order valence-electron chi connectivity index (χ0n) is 22.8. The number of pyridine rings is 1. The van der Waals surface area contributed by atoms with Gasteiger partial charge < -0.3 is 29.8 Å². The fraction of sp³-hybridized carbons (Fsp3) is 0.194. The van der Waals surface area contributed by atoms with Gasteiger partial charge in [0.1, 0.15) is 16.1 Å². The molecule has 2 atom stereocenters. The van der Waals surface area contributed by atoms with Crippen molar-refractivity contribution in [2.45, 2.75) is 25.0 Å². The highest BCUT2D eigenvalue weighted by atomic mass is 35.5. The Morgan fingerprint density at radius 2 is 1.60 bits per heavy atom. The summed E-state index contributed by atoms with van der Waals surface area (Å²) in [4.78, 5) is 25.2. The maximum absolute atomic E-state index is 13.2. The molecule has 0 amide bonds. The zero-order valence-corrected chi connectivity index (χ0v) is 24.3. The molecule has 0 aliphatic rings. The van der Waals surface area contributed by atoms with Crippen molar-refractivity contribution < 1.29 is 33.6 Å². The number of halogens is 2. The van der Waals surface area contributed by atoms with Crippen LogP contribution in [0.15, 0.2) is 85.2 Å². The van der Waals surface area contributed by atoms with Gasteiger partial charge in [-0.15, -0.1) is 0 Å². The number of carboxylic acid groups (broad SMARTS) is 1. The van der Waals surface area contributed by atoms with Gasteiger partial charge in [-0.05, 0) is 41.0 Å². The third-order valence-electron chi connectivity index (χ3n) is 6.47. The van der Waals surface area contributed by atoms with Crippen molar-refractivity contribution >= 4 is 40.8 Å². The summed E-state index contributed by atoms with van der Waals surface area (Å²) in [6, 6.07) is 19.8. The number of nitrogens with zero attached hydrogens (tertiary/aromatic N) is 1. The molecule has 4 rings (SSSR count). The van der Waals surface area contributed by atoms with Gasteiger partial charge in [0.15, 0.2) is 29.9 Å². The molecular formula is C31H28Cl2N2O7. The number of rotatable bonds is 12. The Balaban J connectivity index is 1.57. The van der Waals surface area contributed by atoms with E-state index in [1.54, 1.807) is 66.7 Å². The minimum Gasteiger partial charge on any atom is -0.619 e. The normalized spacial score (nSPS) is 12.2. The van der Waals surface area contributed by atoms with E-state index in [9.17, 15) is 19.9 Å². The molecule has 1 aromatic heterocycles. The number of hydrogen-bond donors (Lipinski definition) is 2. The van der Waals surface area contributed by atoms with E-state index in [4.69, 9.17) is 37.4 Å². The molecular weight excluding hydrogens is 583 g/mol. The van der Waals surface area contributed by atoms with Crippen molar-refractivity contribution in [1.29, 1.82) is 0 Å². The second-order valence-electron chi connectivity index (χ2n) is 9.29. The predicted molar refractivity (Wildman–Crippen MR) is 158 cm³/mol. The molecule has 0 aliphatic carbocycles. The molecule has 9 nitrogen and oxygen atoms in total. The van der Waals surface area contributed by atoms with Crippen LogP contribution >= 0.6 is 23.2 Å². The van der Waals surface area contributed by atoms with Crippen molar-refractivity contribution in [3.05, 3.63) is 123 Å². The molecule has 42 heavy (non-hydrogen) atoms. The molecule has 0 fully saturated rings. The van der Waals surface area contributed by atoms with Crippen LogP contribution in [0.4, 0.5) is 5.69 Å². The summed E-state index contributed by atoms with van der Waals surface area (Å²) in [5, 5.41) is 24.8. The van der Waals surface area contributed by atoms with Gasteiger partial charge in [-0.25, -0.2) is 4.79 Å². The number of hydrogen-bond acceptors (Lipinski definition) is 7. The number of anilines is 1. The Morgan fingerprint density at radius 1 is 0.905 bits per heavy atom. The highest BCUT2D eigenvalue weighted by molar-refractivity contribution is 6.35. The number of esters is 1. The largest absolute Gasteiger partial charge is 0.619 e. The number of aliphatic carboxylic acids is 1. The van der Waals surface area contributed by atoms with Gasteiger partial charge in [0.25, 0.3) is 0 Å². The van der Waals surface area contributed by atoms with Crippen LogP contribution in [0.3, 0.4) is 0 Å². The molecule has 0 spiro atoms. The highest BCUT2D eigenvalue weighted by Crippen LogP contribution is 2.35. The fourth-order valence-electron chi connectivity index (χ4n) is 4.43. The summed E-state index contributed by atoms with van der Waals surface area (Å²) < 4.78 is 17.2. The summed E-state index contributed by atoms with van der Waals surface area (Å²) in [6.45, 7) is 0. The van der Waals surface area contributed by atoms with Gasteiger partial charge in [0.05, 0.1) is 20.6 Å². The van der Waals surface area contributed by atoms with Crippen LogP contribution in [0.2, 0.25) is 10.0 Å². The van der Waals surface area contributed by atoms with E-state index in [2.05, 4.69) is 5.32 Å². The van der Waals surface area contributed by atoms with Crippen LogP contribution in [0.1, 0.15) is 34.4 Å². The number of benzene rings is 3. The first kappa shape index (κ1) is 30.5. The lowest BCUT2D eigenvalue weighted by atomic mass is 10.0. The molecule has 4 aromatic rings. The molecule has 2 unspecified atom stereocenters. The number of methoxy groups -OCH3 is 2. The Labute approximate surface area is 252 Å². The van der Waals surface area contributed by atoms with Crippen molar-refractivity contribution in [1.82, 2.24) is 0 Å². The summed E-state index contributed by atoms with van der Waals surface area (Å²) in [5.41, 5.74) is 2.76. The lowest BCUT2D eigenvalue weighted by Crippen LogP contribution is -2.25. The molecule has 0 saturated carbocycles. The van der Waals surface area contributed by atoms with Gasteiger partial charge >= 0.3 is 11.9 Å². The number of carbonyl (C=O) groups is 2. The number of nitrogens with one attached hydrogen (secondary N) is 1. The zero-order chi connectivity index (χ0) is 30.2. The van der Waals surface area contributed by atoms with Crippen molar-refractivity contribution in [2.24, 2.45) is 0 Å². The minimum atomic E-state index is -1.04. The van der Waals surface area contributed by atoms with Crippen LogP contribution in [0, 0.1) is 5.21 Å². The Kier molecular flexibility index (Phi) is 10.1. The van der Waals surface area contributed by atoms with Crippen molar-refractivity contribution in [2.75, 3.05) is 19.5 Å². The number of carbonyl (C=O) groups excluding carboxylic acids is 1. The fourth-order valence-corrected chi connectivity index (χ4v) is 5.03. The smallest absolute Gasteiger partial charge is 0.330 e. The summed E-state index contributed by atoms with van der Waals surface area (Å²) in [6.07, 6.45) is 1.49. The minimum absolute atomic E-state index is 0.0820. The van der Waals surface area contributed by atoms with E-state index >= 15 is 0 Å². The van der Waals surface area contributed by atoms with Crippen LogP contribution in [0.25, 0.3) is 0 Å². The Hall–Kier alpha value is -4.47. The van der Waals surface area contributed by atoms with Gasteiger partial charge in [-0.2, -0.15) is 4.73 Å². The molecule has 0 aliphatic heterocycles. The molecule has 0 saturated heterocycles. The topological polar surface area (TPSA) is 121 Å². The lowest BCUT2D eigenvalue weighted by Gasteiger charge is -2.21. The molecule has 3 aromatic carbocycles. The second-order valence-corrected chi connectivity index (χ2v) is 10.1. The number of carboxylic acids is 1. The van der Waals surface area contributed by atoms with Crippen LogP contribution in [0.5, 0.6) is 11.5 Å². The maximum Gasteiger partial charge on any atom is 0.330 e. The van der Waals surface area contributed by atoms with E-state index in [0.29, 0.717) is 44.2 Å². The lowest BCUT2D eigenvalue weighted by molar-refractivity contribution is -0.605. The average molecular weight is 611 g/mol. The monoisotopic (exact) mass is 610 g/mol. The van der Waals surface area contributed by atoms with Crippen molar-refractivity contribution in [3.8, 4) is 11.5 Å². The van der Waals surface area contributed by atoms with Crippen LogP contribution in [-0.4, -0.2) is 31.3 Å². The number of ether oxygens (including phenoxy) is 3. The van der Waals surface area contributed by atoms with E-state index in [0.717, 1.165) is 0 Å². The second kappa shape index (κ2) is 13.9. The third-order valence-corrected chi connectivity index (χ3v) is 7.12. The van der Waals surface area contributed by atoms with Gasteiger partial charge in [-0.3, -0.25) is 4.79 Å². The van der Waals surface area contributed by atoms with Gasteiger partial charge in [0, 0.05) is 17.7 Å². The first-order valence-electron chi connectivity index (χ1n) is 12.8. The first-order valence-corrected chi connectivity index (χ1v) is 13.6. The number of aromatic nitrogens is 1. The molecule has 2 N–H and O–H groups in total. The molecule has 11 heteroatoms. The average Bonchev–Trinajstić information content (AvgIpc) is 2.97. The van der Waals surface area contributed by atoms with Gasteiger partial charge in [0.2, 0.25) is 0 Å². The summed E-state index contributed by atoms with van der Waals surface area (Å²) >= 11 is 12.7. The first-order chi connectivity index (χ1) is 20.2. The predicted octanol–water partition coefficient (Wildman–Crippen LogP) is 5.95. The quantitative estimate of drug-likeness (QED) is 0.115. The van der Waals surface area contributed by atoms with Crippen LogP contribution in [-0.2, 0) is 27.2 Å². The Bertz CT molecular complexity index is 1540. The molecule has 0 radical (unpaired) electrons. The van der Waals surface area contributed by atoms with E-state index in [-0.39, 0.29) is 22.9 Å².